The molecule has 6 heteroatoms. The number of nitrogens with one attached hydrogen (secondary N) is 1. The Hall–Kier alpha value is -1.79. The number of rotatable bonds is 8. The third-order valence-electron chi connectivity index (χ3n) is 12.3. The van der Waals surface area contributed by atoms with E-state index in [9.17, 15) is 15.0 Å². The molecule has 0 aliphatic heterocycles. The Bertz CT molecular complexity index is 1030. The topological polar surface area (TPSA) is 88.0 Å². The Kier molecular flexibility index (Phi) is 8.28. The van der Waals surface area contributed by atoms with Crippen LogP contribution in [-0.4, -0.2) is 42.5 Å². The number of methoxy groups -OCH3 is 2. The second-order valence-electron chi connectivity index (χ2n) is 13.9. The van der Waals surface area contributed by atoms with Crippen molar-refractivity contribution >= 4 is 5.91 Å². The summed E-state index contributed by atoms with van der Waals surface area (Å²) in [5.41, 5.74) is 1.18. The number of aliphatic hydroxyl groups is 2. The predicted molar refractivity (Wildman–Crippen MR) is 152 cm³/mol. The molecular weight excluding hydrogens is 490 g/mol. The first-order valence-electron chi connectivity index (χ1n) is 15.5. The maximum atomic E-state index is 12.8. The minimum absolute atomic E-state index is 0.0614. The van der Waals surface area contributed by atoms with E-state index in [1.54, 1.807) is 14.2 Å². The van der Waals surface area contributed by atoms with Crippen LogP contribution in [0.5, 0.6) is 11.5 Å². The molecule has 0 bridgehead atoms. The molecule has 4 saturated carbocycles. The fourth-order valence-corrected chi connectivity index (χ4v) is 10.00. The molecule has 39 heavy (non-hydrogen) atoms. The minimum Gasteiger partial charge on any atom is -0.493 e. The molecule has 6 nitrogen and oxygen atoms in total. The van der Waals surface area contributed by atoms with E-state index in [0.29, 0.717) is 60.0 Å². The maximum absolute atomic E-state index is 12.8. The lowest BCUT2D eigenvalue weighted by Crippen LogP contribution is -2.58. The van der Waals surface area contributed by atoms with Gasteiger partial charge in [0.2, 0.25) is 5.91 Å². The second kappa shape index (κ2) is 11.2. The van der Waals surface area contributed by atoms with Crippen molar-refractivity contribution in [2.24, 2.45) is 46.3 Å². The zero-order chi connectivity index (χ0) is 27.9. The summed E-state index contributed by atoms with van der Waals surface area (Å²) in [7, 11) is 3.23. The standard InChI is InChI=1S/C33H51NO5/c1-20(6-13-31(37)34-19-21-7-12-28(38-4)29(16-21)39-5)25-10-11-26-24-9-8-22-17-23(35)14-15-32(22,2)27(24)18-30(36)33(25,26)3/h7,12,16,20,22-27,30,35-36H,6,8-11,13-15,17-19H2,1-5H3,(H,34,37). The molecule has 10 atom stereocenters. The highest BCUT2D eigenvalue weighted by Crippen LogP contribution is 2.68. The van der Waals surface area contributed by atoms with Crippen molar-refractivity contribution in [3.05, 3.63) is 23.8 Å². The highest BCUT2D eigenvalue weighted by atomic mass is 16.5. The first-order valence-corrected chi connectivity index (χ1v) is 15.5. The number of ether oxygens (including phenoxy) is 2. The summed E-state index contributed by atoms with van der Waals surface area (Å²) in [6.07, 6.45) is 9.69. The molecule has 0 aromatic heterocycles. The molecule has 218 valence electrons. The Balaban J connectivity index is 1.18. The lowest BCUT2D eigenvalue weighted by Gasteiger charge is -2.62. The molecule has 4 aliphatic carbocycles. The van der Waals surface area contributed by atoms with Gasteiger partial charge in [-0.25, -0.2) is 0 Å². The third kappa shape index (κ3) is 5.09. The zero-order valence-corrected chi connectivity index (χ0v) is 24.7. The highest BCUT2D eigenvalue weighted by molar-refractivity contribution is 5.75. The molecular formula is C33H51NO5. The predicted octanol–water partition coefficient (Wildman–Crippen LogP) is 5.73. The van der Waals surface area contributed by atoms with E-state index in [1.165, 1.54) is 19.3 Å². The van der Waals surface area contributed by atoms with Crippen LogP contribution in [0, 0.1) is 46.3 Å². The maximum Gasteiger partial charge on any atom is 0.220 e. The largest absolute Gasteiger partial charge is 0.493 e. The number of carbonyl (C=O) groups is 1. The van der Waals surface area contributed by atoms with Crippen LogP contribution < -0.4 is 14.8 Å². The van der Waals surface area contributed by atoms with Crippen molar-refractivity contribution in [3.63, 3.8) is 0 Å². The summed E-state index contributed by atoms with van der Waals surface area (Å²) >= 11 is 0. The van der Waals surface area contributed by atoms with Gasteiger partial charge in [0.1, 0.15) is 0 Å². The molecule has 5 rings (SSSR count). The van der Waals surface area contributed by atoms with Crippen molar-refractivity contribution in [1.82, 2.24) is 5.32 Å². The summed E-state index contributed by atoms with van der Waals surface area (Å²) in [5, 5.41) is 25.2. The van der Waals surface area contributed by atoms with Gasteiger partial charge in [-0.15, -0.1) is 0 Å². The Labute approximate surface area is 235 Å². The number of benzene rings is 1. The lowest BCUT2D eigenvalue weighted by molar-refractivity contribution is -0.174. The number of fused-ring (bicyclic) bond motifs is 5. The fraction of sp³-hybridized carbons (Fsp3) is 0.788. The van der Waals surface area contributed by atoms with Gasteiger partial charge in [0.15, 0.2) is 11.5 Å². The van der Waals surface area contributed by atoms with E-state index in [-0.39, 0.29) is 28.9 Å². The van der Waals surface area contributed by atoms with Crippen LogP contribution in [-0.2, 0) is 11.3 Å². The van der Waals surface area contributed by atoms with Gasteiger partial charge in [-0.05, 0) is 122 Å². The van der Waals surface area contributed by atoms with Crippen molar-refractivity contribution in [1.29, 1.82) is 0 Å². The van der Waals surface area contributed by atoms with Gasteiger partial charge in [-0.2, -0.15) is 0 Å². The van der Waals surface area contributed by atoms with Gasteiger partial charge >= 0.3 is 0 Å². The molecule has 3 N–H and O–H groups in total. The molecule has 4 fully saturated rings. The molecule has 1 aromatic rings. The normalized spacial score (nSPS) is 40.1. The van der Waals surface area contributed by atoms with Gasteiger partial charge in [-0.1, -0.05) is 26.8 Å². The van der Waals surface area contributed by atoms with Crippen LogP contribution in [0.3, 0.4) is 0 Å². The highest BCUT2D eigenvalue weighted by Gasteiger charge is 2.63. The molecule has 0 spiro atoms. The fourth-order valence-electron chi connectivity index (χ4n) is 10.00. The van der Waals surface area contributed by atoms with Crippen molar-refractivity contribution in [2.45, 2.75) is 104 Å². The second-order valence-corrected chi connectivity index (χ2v) is 13.9. The summed E-state index contributed by atoms with van der Waals surface area (Å²) in [4.78, 5) is 12.8. The molecule has 1 amide bonds. The number of hydrogen-bond acceptors (Lipinski definition) is 5. The first-order chi connectivity index (χ1) is 18.6. The SMILES string of the molecule is COc1ccc(CNC(=O)CCC(C)C2CCC3C4CCC5CC(O)CCC5(C)C4CC(O)C23C)cc1OC. The van der Waals surface area contributed by atoms with Crippen LogP contribution >= 0.6 is 0 Å². The van der Waals surface area contributed by atoms with Gasteiger partial charge < -0.3 is 25.0 Å². The molecule has 0 heterocycles. The summed E-state index contributed by atoms with van der Waals surface area (Å²) in [5.74, 6) is 4.72. The van der Waals surface area contributed by atoms with Crippen LogP contribution in [0.1, 0.15) is 90.5 Å². The van der Waals surface area contributed by atoms with Crippen molar-refractivity contribution in [2.75, 3.05) is 14.2 Å². The van der Waals surface area contributed by atoms with E-state index in [4.69, 9.17) is 9.47 Å². The van der Waals surface area contributed by atoms with E-state index >= 15 is 0 Å². The van der Waals surface area contributed by atoms with E-state index in [2.05, 4.69) is 26.1 Å². The van der Waals surface area contributed by atoms with E-state index < -0.39 is 0 Å². The number of carbonyl (C=O) groups excluding carboxylic acids is 1. The molecule has 0 saturated heterocycles. The van der Waals surface area contributed by atoms with Gasteiger partial charge in [0.25, 0.3) is 0 Å². The van der Waals surface area contributed by atoms with Gasteiger partial charge in [0.05, 0.1) is 26.4 Å². The number of hydrogen-bond donors (Lipinski definition) is 3. The average molecular weight is 542 g/mol. The molecule has 1 aromatic carbocycles. The number of amides is 1. The van der Waals surface area contributed by atoms with Gasteiger partial charge in [-0.3, -0.25) is 4.79 Å². The van der Waals surface area contributed by atoms with Crippen LogP contribution in [0.2, 0.25) is 0 Å². The first kappa shape index (κ1) is 28.7. The quantitative estimate of drug-likeness (QED) is 0.391. The third-order valence-corrected chi connectivity index (χ3v) is 12.3. The van der Waals surface area contributed by atoms with Crippen LogP contribution in [0.4, 0.5) is 0 Å². The summed E-state index contributed by atoms with van der Waals surface area (Å²) in [6.45, 7) is 7.63. The Morgan fingerprint density at radius 3 is 2.54 bits per heavy atom. The lowest BCUT2D eigenvalue weighted by atomic mass is 9.43. The minimum atomic E-state index is -0.278. The van der Waals surface area contributed by atoms with E-state index in [1.807, 2.05) is 18.2 Å². The van der Waals surface area contributed by atoms with E-state index in [0.717, 1.165) is 44.1 Å². The smallest absolute Gasteiger partial charge is 0.220 e. The van der Waals surface area contributed by atoms with Crippen LogP contribution in [0.25, 0.3) is 0 Å². The van der Waals surface area contributed by atoms with Crippen LogP contribution in [0.15, 0.2) is 18.2 Å². The Morgan fingerprint density at radius 1 is 1.03 bits per heavy atom. The summed E-state index contributed by atoms with van der Waals surface area (Å²) in [6, 6.07) is 5.72. The zero-order valence-electron chi connectivity index (χ0n) is 24.7. The molecule has 0 radical (unpaired) electrons. The molecule has 4 aliphatic rings. The van der Waals surface area contributed by atoms with Gasteiger partial charge in [0, 0.05) is 13.0 Å². The Morgan fingerprint density at radius 2 is 1.79 bits per heavy atom. The van der Waals surface area contributed by atoms with Crippen molar-refractivity contribution in [3.8, 4) is 11.5 Å². The summed E-state index contributed by atoms with van der Waals surface area (Å²) < 4.78 is 10.7. The average Bonchev–Trinajstić information content (AvgIpc) is 3.30. The van der Waals surface area contributed by atoms with Crippen molar-refractivity contribution < 1.29 is 24.5 Å². The monoisotopic (exact) mass is 541 g/mol. The number of aliphatic hydroxyl groups excluding tert-OH is 2. The molecule has 10 unspecified atom stereocenters.